The monoisotopic (exact) mass is 427 g/mol. The van der Waals surface area contributed by atoms with E-state index in [-0.39, 0.29) is 12.3 Å². The number of benzene rings is 2. The maximum absolute atomic E-state index is 12.2. The first-order valence-corrected chi connectivity index (χ1v) is 9.14. The van der Waals surface area contributed by atoms with Crippen LogP contribution in [-0.2, 0) is 4.79 Å². The Morgan fingerprint density at radius 3 is 2.80 bits per heavy atom. The smallest absolute Gasteiger partial charge is 0.284 e. The number of hydrazone groups is 1. The molecule has 30 heavy (non-hydrogen) atoms. The fourth-order valence-electron chi connectivity index (χ4n) is 2.76. The van der Waals surface area contributed by atoms with Crippen LogP contribution in [0.25, 0.3) is 11.3 Å². The van der Waals surface area contributed by atoms with E-state index in [0.717, 1.165) is 0 Å². The number of halogens is 1. The largest absolute Gasteiger partial charge is 0.485 e. The number of carbonyl (C=O) groups is 1. The third kappa shape index (κ3) is 4.11. The van der Waals surface area contributed by atoms with E-state index in [9.17, 15) is 14.9 Å². The molecule has 0 bridgehead atoms. The summed E-state index contributed by atoms with van der Waals surface area (Å²) in [5, 5.41) is 15.1. The van der Waals surface area contributed by atoms with Gasteiger partial charge in [0, 0.05) is 17.7 Å². The Labute approximate surface area is 175 Å². The Kier molecular flexibility index (Phi) is 5.36. The van der Waals surface area contributed by atoms with Crippen LogP contribution in [0.3, 0.4) is 0 Å². The third-order valence-corrected chi connectivity index (χ3v) is 4.55. The topological polar surface area (TPSA) is 116 Å². The zero-order valence-electron chi connectivity index (χ0n) is 15.3. The van der Waals surface area contributed by atoms with E-state index >= 15 is 0 Å². The number of fused-ring (bicyclic) bond motifs is 1. The van der Waals surface area contributed by atoms with E-state index in [2.05, 4.69) is 10.5 Å². The van der Waals surface area contributed by atoms with E-state index in [1.807, 2.05) is 6.07 Å². The number of non-ortho nitro benzene ring substituents is 1. The number of nitro benzene ring substituents is 1. The molecule has 1 aromatic heterocycles. The molecule has 2 heterocycles. The highest BCUT2D eigenvalue weighted by molar-refractivity contribution is 6.33. The molecule has 0 aliphatic carbocycles. The lowest BCUT2D eigenvalue weighted by Crippen LogP contribution is -2.42. The SMILES string of the molecule is O=C(NN=Cc1ccc(-c2cc([N+](=O)[O-])ccc2Cl)o1)C1COc2ccccc2O1. The fraction of sp³-hybridized carbons (Fsp3) is 0.100. The van der Waals surface area contributed by atoms with Crippen molar-refractivity contribution in [1.82, 2.24) is 5.43 Å². The summed E-state index contributed by atoms with van der Waals surface area (Å²) in [4.78, 5) is 22.7. The van der Waals surface area contributed by atoms with Gasteiger partial charge in [-0.1, -0.05) is 23.7 Å². The van der Waals surface area contributed by atoms with Crippen molar-refractivity contribution < 1.29 is 23.6 Å². The van der Waals surface area contributed by atoms with Gasteiger partial charge >= 0.3 is 0 Å². The number of nitrogens with one attached hydrogen (secondary N) is 1. The van der Waals surface area contributed by atoms with Gasteiger partial charge in [-0.15, -0.1) is 0 Å². The second-order valence-electron chi connectivity index (χ2n) is 6.22. The van der Waals surface area contributed by atoms with Crippen molar-refractivity contribution in [3.63, 3.8) is 0 Å². The molecule has 1 aliphatic rings. The van der Waals surface area contributed by atoms with Crippen LogP contribution >= 0.6 is 11.6 Å². The van der Waals surface area contributed by atoms with E-state index in [1.165, 1.54) is 24.4 Å². The normalized spacial score (nSPS) is 15.2. The Hall–Kier alpha value is -3.85. The lowest BCUT2D eigenvalue weighted by atomic mass is 10.1. The van der Waals surface area contributed by atoms with Crippen molar-refractivity contribution in [1.29, 1.82) is 0 Å². The van der Waals surface area contributed by atoms with E-state index < -0.39 is 16.9 Å². The van der Waals surface area contributed by atoms with E-state index in [0.29, 0.717) is 33.6 Å². The van der Waals surface area contributed by atoms with Gasteiger partial charge in [0.2, 0.25) is 6.10 Å². The van der Waals surface area contributed by atoms with Gasteiger partial charge in [0.15, 0.2) is 11.5 Å². The Morgan fingerprint density at radius 1 is 1.20 bits per heavy atom. The molecule has 9 nitrogen and oxygen atoms in total. The average molecular weight is 428 g/mol. The Bertz CT molecular complexity index is 1140. The molecule has 0 fully saturated rings. The van der Waals surface area contributed by atoms with Crippen molar-refractivity contribution in [2.75, 3.05) is 6.61 Å². The van der Waals surface area contributed by atoms with E-state index in [1.54, 1.807) is 30.3 Å². The molecular formula is C20H14ClN3O6. The summed E-state index contributed by atoms with van der Waals surface area (Å²) in [7, 11) is 0. The number of carbonyl (C=O) groups excluding carboxylic acids is 1. The molecular weight excluding hydrogens is 414 g/mol. The van der Waals surface area contributed by atoms with Gasteiger partial charge in [0.25, 0.3) is 11.6 Å². The van der Waals surface area contributed by atoms with Crippen LogP contribution in [0.15, 0.2) is 64.1 Å². The lowest BCUT2D eigenvalue weighted by Gasteiger charge is -2.24. The third-order valence-electron chi connectivity index (χ3n) is 4.22. The van der Waals surface area contributed by atoms with Gasteiger partial charge in [-0.2, -0.15) is 5.10 Å². The Balaban J connectivity index is 1.40. The van der Waals surface area contributed by atoms with Gasteiger partial charge in [-0.25, -0.2) is 5.43 Å². The minimum absolute atomic E-state index is 0.0640. The van der Waals surface area contributed by atoms with Crippen LogP contribution < -0.4 is 14.9 Å². The molecule has 1 aliphatic heterocycles. The predicted octanol–water partition coefficient (Wildman–Crippen LogP) is 3.80. The standard InChI is InChI=1S/C20H14ClN3O6/c21-15-7-5-12(24(26)27)9-14(15)16-8-6-13(29-16)10-22-23-20(25)19-11-28-17-3-1-2-4-18(17)30-19/h1-10,19H,11H2,(H,23,25). The van der Waals surface area contributed by atoms with Crippen molar-refractivity contribution >= 4 is 29.4 Å². The van der Waals surface area contributed by atoms with Crippen LogP contribution in [0.4, 0.5) is 5.69 Å². The summed E-state index contributed by atoms with van der Waals surface area (Å²) >= 11 is 6.11. The number of ether oxygens (including phenoxy) is 2. The molecule has 0 spiro atoms. The quantitative estimate of drug-likeness (QED) is 0.376. The van der Waals surface area contributed by atoms with Crippen LogP contribution in [0, 0.1) is 10.1 Å². The second-order valence-corrected chi connectivity index (χ2v) is 6.63. The number of para-hydroxylation sites is 2. The first kappa shape index (κ1) is 19.5. The highest BCUT2D eigenvalue weighted by Gasteiger charge is 2.27. The molecule has 1 unspecified atom stereocenters. The van der Waals surface area contributed by atoms with Crippen molar-refractivity contribution in [2.24, 2.45) is 5.10 Å². The van der Waals surface area contributed by atoms with Crippen LogP contribution in [-0.4, -0.2) is 29.8 Å². The van der Waals surface area contributed by atoms with Crippen molar-refractivity contribution in [2.45, 2.75) is 6.10 Å². The molecule has 1 N–H and O–H groups in total. The molecule has 1 amide bonds. The minimum Gasteiger partial charge on any atom is -0.485 e. The summed E-state index contributed by atoms with van der Waals surface area (Å²) in [5.41, 5.74) is 2.64. The van der Waals surface area contributed by atoms with Crippen molar-refractivity contribution in [3.05, 3.63) is 75.5 Å². The highest BCUT2D eigenvalue weighted by atomic mass is 35.5. The maximum Gasteiger partial charge on any atom is 0.284 e. The van der Waals surface area contributed by atoms with E-state index in [4.69, 9.17) is 25.5 Å². The second kappa shape index (κ2) is 8.26. The summed E-state index contributed by atoms with van der Waals surface area (Å²) in [6.45, 7) is 0.0640. The maximum atomic E-state index is 12.2. The van der Waals surface area contributed by atoms with Gasteiger partial charge in [0.1, 0.15) is 18.1 Å². The number of rotatable bonds is 5. The van der Waals surface area contributed by atoms with Gasteiger partial charge in [0.05, 0.1) is 16.2 Å². The Morgan fingerprint density at radius 2 is 2.00 bits per heavy atom. The number of nitrogens with zero attached hydrogens (tertiary/aromatic N) is 2. The first-order valence-electron chi connectivity index (χ1n) is 8.77. The van der Waals surface area contributed by atoms with Crippen LogP contribution in [0.5, 0.6) is 11.5 Å². The molecule has 0 saturated carbocycles. The molecule has 4 rings (SSSR count). The summed E-state index contributed by atoms with van der Waals surface area (Å²) in [5.74, 6) is 1.23. The minimum atomic E-state index is -0.840. The fourth-order valence-corrected chi connectivity index (χ4v) is 2.97. The zero-order chi connectivity index (χ0) is 21.1. The lowest BCUT2D eigenvalue weighted by molar-refractivity contribution is -0.384. The zero-order valence-corrected chi connectivity index (χ0v) is 16.0. The molecule has 0 radical (unpaired) electrons. The summed E-state index contributed by atoms with van der Waals surface area (Å²) in [6.07, 6.45) is 0.456. The number of amides is 1. The first-order chi connectivity index (χ1) is 14.5. The predicted molar refractivity (Wildman–Crippen MR) is 108 cm³/mol. The molecule has 152 valence electrons. The molecule has 1 atom stereocenters. The van der Waals surface area contributed by atoms with Gasteiger partial charge in [-0.05, 0) is 30.3 Å². The average Bonchev–Trinajstić information content (AvgIpc) is 3.22. The number of hydrogen-bond donors (Lipinski definition) is 1. The number of nitro groups is 1. The number of hydrogen-bond acceptors (Lipinski definition) is 7. The molecule has 0 saturated heterocycles. The van der Waals surface area contributed by atoms with Crippen LogP contribution in [0.1, 0.15) is 5.76 Å². The van der Waals surface area contributed by atoms with Crippen LogP contribution in [0.2, 0.25) is 5.02 Å². The molecule has 3 aromatic rings. The molecule has 10 heteroatoms. The summed E-state index contributed by atoms with van der Waals surface area (Å²) < 4.78 is 16.7. The summed E-state index contributed by atoms with van der Waals surface area (Å²) in [6, 6.07) is 14.3. The van der Waals surface area contributed by atoms with Gasteiger partial charge < -0.3 is 13.9 Å². The van der Waals surface area contributed by atoms with Crippen molar-refractivity contribution in [3.8, 4) is 22.8 Å². The molecule has 2 aromatic carbocycles. The van der Waals surface area contributed by atoms with Gasteiger partial charge in [-0.3, -0.25) is 14.9 Å². The number of furan rings is 1. The highest BCUT2D eigenvalue weighted by Crippen LogP contribution is 2.32.